The van der Waals surface area contributed by atoms with Crippen molar-refractivity contribution < 1.29 is 14.3 Å². The van der Waals surface area contributed by atoms with Crippen molar-refractivity contribution in [3.8, 4) is 11.5 Å². The van der Waals surface area contributed by atoms with E-state index in [1.807, 2.05) is 18.2 Å². The number of amides is 1. The molecule has 20 heavy (non-hydrogen) atoms. The molecule has 1 amide bonds. The molecule has 1 saturated carbocycles. The molecule has 1 N–H and O–H groups in total. The molecule has 4 heteroatoms. The molecule has 1 aromatic rings. The molecule has 0 unspecified atom stereocenters. The highest BCUT2D eigenvalue weighted by Gasteiger charge is 2.18. The van der Waals surface area contributed by atoms with Crippen molar-refractivity contribution in [1.82, 2.24) is 5.32 Å². The third-order valence-corrected chi connectivity index (χ3v) is 3.51. The quantitative estimate of drug-likeness (QED) is 0.812. The van der Waals surface area contributed by atoms with E-state index >= 15 is 0 Å². The van der Waals surface area contributed by atoms with Gasteiger partial charge >= 0.3 is 0 Å². The van der Waals surface area contributed by atoms with Crippen LogP contribution in [-0.2, 0) is 11.3 Å². The van der Waals surface area contributed by atoms with Crippen LogP contribution >= 0.6 is 0 Å². The molecule has 0 aliphatic heterocycles. The molecule has 0 radical (unpaired) electrons. The van der Waals surface area contributed by atoms with E-state index < -0.39 is 0 Å². The molecule has 1 fully saturated rings. The van der Waals surface area contributed by atoms with Crippen LogP contribution in [0.1, 0.15) is 31.2 Å². The van der Waals surface area contributed by atoms with E-state index in [2.05, 4.69) is 11.9 Å². The van der Waals surface area contributed by atoms with Crippen molar-refractivity contribution in [2.75, 3.05) is 7.11 Å². The van der Waals surface area contributed by atoms with Gasteiger partial charge in [0.15, 0.2) is 0 Å². The van der Waals surface area contributed by atoms with Gasteiger partial charge in [0.1, 0.15) is 11.5 Å². The first-order valence-corrected chi connectivity index (χ1v) is 6.96. The van der Waals surface area contributed by atoms with E-state index in [0.29, 0.717) is 6.54 Å². The lowest BCUT2D eigenvalue weighted by molar-refractivity contribution is -0.116. The Labute approximate surface area is 119 Å². The molecule has 0 heterocycles. The van der Waals surface area contributed by atoms with E-state index in [0.717, 1.165) is 29.9 Å². The average molecular weight is 275 g/mol. The molecule has 1 aliphatic carbocycles. The minimum atomic E-state index is -0.187. The molecule has 0 spiro atoms. The first-order chi connectivity index (χ1) is 9.72. The number of carbonyl (C=O) groups is 1. The largest absolute Gasteiger partial charge is 0.497 e. The normalized spacial score (nSPS) is 14.8. The van der Waals surface area contributed by atoms with Gasteiger partial charge in [-0.2, -0.15) is 0 Å². The van der Waals surface area contributed by atoms with E-state index in [1.54, 1.807) is 7.11 Å². The zero-order chi connectivity index (χ0) is 14.4. The maximum absolute atomic E-state index is 11.3. The fourth-order valence-electron chi connectivity index (χ4n) is 2.36. The Morgan fingerprint density at radius 2 is 2.20 bits per heavy atom. The Kier molecular flexibility index (Phi) is 5.04. The molecule has 2 rings (SSSR count). The van der Waals surface area contributed by atoms with E-state index in [4.69, 9.17) is 9.47 Å². The third kappa shape index (κ3) is 3.76. The van der Waals surface area contributed by atoms with Crippen LogP contribution in [0.3, 0.4) is 0 Å². The number of hydrogen-bond acceptors (Lipinski definition) is 3. The van der Waals surface area contributed by atoms with Gasteiger partial charge < -0.3 is 14.8 Å². The second kappa shape index (κ2) is 6.98. The summed E-state index contributed by atoms with van der Waals surface area (Å²) in [6, 6.07) is 5.68. The summed E-state index contributed by atoms with van der Waals surface area (Å²) < 4.78 is 11.3. The third-order valence-electron chi connectivity index (χ3n) is 3.51. The van der Waals surface area contributed by atoms with Gasteiger partial charge in [-0.1, -0.05) is 6.58 Å². The molecular formula is C16H21NO3. The van der Waals surface area contributed by atoms with Gasteiger partial charge in [-0.3, -0.25) is 4.79 Å². The Bertz CT molecular complexity index is 479. The van der Waals surface area contributed by atoms with Gasteiger partial charge in [0.05, 0.1) is 13.2 Å². The molecule has 0 atom stereocenters. The van der Waals surface area contributed by atoms with Crippen molar-refractivity contribution in [1.29, 1.82) is 0 Å². The summed E-state index contributed by atoms with van der Waals surface area (Å²) in [6.45, 7) is 3.87. The first kappa shape index (κ1) is 14.4. The molecular weight excluding hydrogens is 254 g/mol. The lowest BCUT2D eigenvalue weighted by atomic mass is 10.1. The second-order valence-corrected chi connectivity index (χ2v) is 4.92. The minimum absolute atomic E-state index is 0.187. The van der Waals surface area contributed by atoms with Crippen LogP contribution in [-0.4, -0.2) is 19.1 Å². The molecule has 4 nitrogen and oxygen atoms in total. The van der Waals surface area contributed by atoms with Crippen LogP contribution in [0.2, 0.25) is 0 Å². The van der Waals surface area contributed by atoms with Gasteiger partial charge in [-0.15, -0.1) is 0 Å². The van der Waals surface area contributed by atoms with Gasteiger partial charge in [-0.25, -0.2) is 0 Å². The highest BCUT2D eigenvalue weighted by Crippen LogP contribution is 2.29. The van der Waals surface area contributed by atoms with Gasteiger partial charge in [0, 0.05) is 18.2 Å². The van der Waals surface area contributed by atoms with E-state index in [-0.39, 0.29) is 12.0 Å². The minimum Gasteiger partial charge on any atom is -0.497 e. The lowest BCUT2D eigenvalue weighted by Gasteiger charge is -2.17. The van der Waals surface area contributed by atoms with Crippen molar-refractivity contribution >= 4 is 5.91 Å². The summed E-state index contributed by atoms with van der Waals surface area (Å²) in [5, 5.41) is 2.77. The second-order valence-electron chi connectivity index (χ2n) is 4.92. The average Bonchev–Trinajstić information content (AvgIpc) is 2.98. The van der Waals surface area contributed by atoms with Crippen molar-refractivity contribution in [3.05, 3.63) is 36.4 Å². The Morgan fingerprint density at radius 3 is 2.85 bits per heavy atom. The summed E-state index contributed by atoms with van der Waals surface area (Å²) in [4.78, 5) is 11.3. The van der Waals surface area contributed by atoms with Crippen molar-refractivity contribution in [2.24, 2.45) is 0 Å². The Morgan fingerprint density at radius 1 is 1.45 bits per heavy atom. The number of hydrogen-bond donors (Lipinski definition) is 1. The van der Waals surface area contributed by atoms with Gasteiger partial charge in [0.2, 0.25) is 5.91 Å². The predicted octanol–water partition coefficient (Wildman–Crippen LogP) is 2.82. The van der Waals surface area contributed by atoms with Gasteiger partial charge in [0.25, 0.3) is 0 Å². The fraction of sp³-hybridized carbons (Fsp3) is 0.438. The molecule has 0 aromatic heterocycles. The summed E-state index contributed by atoms with van der Waals surface area (Å²) in [7, 11) is 1.63. The highest BCUT2D eigenvalue weighted by molar-refractivity contribution is 5.86. The molecule has 1 aliphatic rings. The maximum Gasteiger partial charge on any atom is 0.243 e. The molecule has 0 saturated heterocycles. The van der Waals surface area contributed by atoms with Crippen molar-refractivity contribution in [2.45, 2.75) is 38.3 Å². The number of nitrogens with one attached hydrogen (secondary N) is 1. The lowest BCUT2D eigenvalue weighted by Crippen LogP contribution is -2.21. The Balaban J connectivity index is 2.11. The van der Waals surface area contributed by atoms with Crippen LogP contribution in [0.4, 0.5) is 0 Å². The topological polar surface area (TPSA) is 47.6 Å². The maximum atomic E-state index is 11.3. The fourth-order valence-corrected chi connectivity index (χ4v) is 2.36. The van der Waals surface area contributed by atoms with E-state index in [1.165, 1.54) is 18.9 Å². The smallest absolute Gasteiger partial charge is 0.243 e. The van der Waals surface area contributed by atoms with Gasteiger partial charge in [-0.05, 0) is 43.9 Å². The predicted molar refractivity (Wildman–Crippen MR) is 77.9 cm³/mol. The standard InChI is InChI=1S/C16H21NO3/c1-3-16(18)17-11-12-8-9-14(19-2)10-15(12)20-13-6-4-5-7-13/h3,8-10,13H,1,4-7,11H2,2H3,(H,17,18). The number of methoxy groups -OCH3 is 1. The number of carbonyl (C=O) groups excluding carboxylic acids is 1. The summed E-state index contributed by atoms with van der Waals surface area (Å²) in [5.74, 6) is 1.37. The molecule has 0 bridgehead atoms. The monoisotopic (exact) mass is 275 g/mol. The SMILES string of the molecule is C=CC(=O)NCc1ccc(OC)cc1OC1CCCC1. The Hall–Kier alpha value is -1.97. The van der Waals surface area contributed by atoms with Crippen LogP contribution in [0.5, 0.6) is 11.5 Å². The van der Waals surface area contributed by atoms with Crippen LogP contribution in [0.25, 0.3) is 0 Å². The molecule has 108 valence electrons. The van der Waals surface area contributed by atoms with Crippen LogP contribution in [0.15, 0.2) is 30.9 Å². The number of benzene rings is 1. The highest BCUT2D eigenvalue weighted by atomic mass is 16.5. The van der Waals surface area contributed by atoms with Crippen LogP contribution in [0, 0.1) is 0 Å². The number of rotatable bonds is 6. The zero-order valence-electron chi connectivity index (χ0n) is 11.9. The van der Waals surface area contributed by atoms with Crippen molar-refractivity contribution in [3.63, 3.8) is 0 Å². The molecule has 1 aromatic carbocycles. The zero-order valence-corrected chi connectivity index (χ0v) is 11.9. The summed E-state index contributed by atoms with van der Waals surface area (Å²) in [6.07, 6.45) is 6.16. The summed E-state index contributed by atoms with van der Waals surface area (Å²) in [5.41, 5.74) is 0.952. The summed E-state index contributed by atoms with van der Waals surface area (Å²) >= 11 is 0. The number of ether oxygens (including phenoxy) is 2. The van der Waals surface area contributed by atoms with E-state index in [9.17, 15) is 4.79 Å². The van der Waals surface area contributed by atoms with Crippen LogP contribution < -0.4 is 14.8 Å². The first-order valence-electron chi connectivity index (χ1n) is 6.96.